The van der Waals surface area contributed by atoms with E-state index in [9.17, 15) is 4.39 Å². The fourth-order valence-electron chi connectivity index (χ4n) is 1.54. The molecule has 1 aromatic heterocycles. The lowest BCUT2D eigenvalue weighted by molar-refractivity contribution is 0.626. The van der Waals surface area contributed by atoms with Gasteiger partial charge in [-0.05, 0) is 31.2 Å². The molecule has 0 unspecified atom stereocenters. The molecule has 0 aliphatic rings. The first-order chi connectivity index (χ1) is 9.10. The van der Waals surface area contributed by atoms with Gasteiger partial charge in [-0.1, -0.05) is 0 Å². The van der Waals surface area contributed by atoms with Crippen molar-refractivity contribution in [1.29, 1.82) is 5.26 Å². The highest BCUT2D eigenvalue weighted by Gasteiger charge is 2.08. The standard InChI is InChI=1S/C13H11FN4S/c1-8-11(6-15)13(16)18-12(17-8)7-19-10-4-2-9(14)3-5-10/h2-5H,7H2,1H3,(H2,16,17,18). The summed E-state index contributed by atoms with van der Waals surface area (Å²) in [5.41, 5.74) is 6.58. The van der Waals surface area contributed by atoms with Crippen molar-refractivity contribution < 1.29 is 4.39 Å². The van der Waals surface area contributed by atoms with Gasteiger partial charge >= 0.3 is 0 Å². The van der Waals surface area contributed by atoms with Gasteiger partial charge in [-0.25, -0.2) is 14.4 Å². The summed E-state index contributed by atoms with van der Waals surface area (Å²) in [6.07, 6.45) is 0. The van der Waals surface area contributed by atoms with Crippen LogP contribution in [-0.4, -0.2) is 9.97 Å². The number of nitriles is 1. The average Bonchev–Trinajstić information content (AvgIpc) is 2.38. The van der Waals surface area contributed by atoms with Crippen molar-refractivity contribution in [3.63, 3.8) is 0 Å². The van der Waals surface area contributed by atoms with Crippen LogP contribution >= 0.6 is 11.8 Å². The van der Waals surface area contributed by atoms with E-state index in [4.69, 9.17) is 11.0 Å². The van der Waals surface area contributed by atoms with Crippen molar-refractivity contribution in [2.24, 2.45) is 0 Å². The van der Waals surface area contributed by atoms with Gasteiger partial charge in [-0.2, -0.15) is 5.26 Å². The number of rotatable bonds is 3. The minimum atomic E-state index is -0.265. The average molecular weight is 274 g/mol. The summed E-state index contributed by atoms with van der Waals surface area (Å²) in [4.78, 5) is 9.24. The van der Waals surface area contributed by atoms with E-state index in [1.165, 1.54) is 23.9 Å². The Labute approximate surface area is 114 Å². The minimum Gasteiger partial charge on any atom is -0.382 e. The first-order valence-corrected chi connectivity index (χ1v) is 6.50. The maximum Gasteiger partial charge on any atom is 0.145 e. The van der Waals surface area contributed by atoms with Crippen molar-refractivity contribution in [3.05, 3.63) is 47.2 Å². The van der Waals surface area contributed by atoms with Crippen molar-refractivity contribution in [1.82, 2.24) is 9.97 Å². The topological polar surface area (TPSA) is 75.6 Å². The molecule has 2 rings (SSSR count). The molecule has 6 heteroatoms. The molecule has 19 heavy (non-hydrogen) atoms. The molecule has 2 aromatic rings. The van der Waals surface area contributed by atoms with Crippen LogP contribution in [0.3, 0.4) is 0 Å². The van der Waals surface area contributed by atoms with Gasteiger partial charge in [-0.15, -0.1) is 11.8 Å². The number of nitrogens with two attached hydrogens (primary N) is 1. The number of aromatic nitrogens is 2. The smallest absolute Gasteiger partial charge is 0.145 e. The van der Waals surface area contributed by atoms with E-state index in [0.29, 0.717) is 22.8 Å². The number of hydrogen-bond donors (Lipinski definition) is 1. The van der Waals surface area contributed by atoms with Crippen LogP contribution in [0.4, 0.5) is 10.2 Å². The second-order valence-electron chi connectivity index (χ2n) is 3.84. The van der Waals surface area contributed by atoms with Gasteiger partial charge in [0.05, 0.1) is 11.4 Å². The third kappa shape index (κ3) is 3.20. The zero-order chi connectivity index (χ0) is 13.8. The van der Waals surface area contributed by atoms with Gasteiger partial charge in [0, 0.05) is 4.90 Å². The molecule has 0 aliphatic carbocycles. The van der Waals surface area contributed by atoms with E-state index in [-0.39, 0.29) is 11.6 Å². The van der Waals surface area contributed by atoms with Crippen LogP contribution in [0.15, 0.2) is 29.2 Å². The normalized spacial score (nSPS) is 10.2. The Morgan fingerprint density at radius 1 is 1.32 bits per heavy atom. The highest BCUT2D eigenvalue weighted by Crippen LogP contribution is 2.22. The molecule has 0 amide bonds. The fraction of sp³-hybridized carbons (Fsp3) is 0.154. The van der Waals surface area contributed by atoms with Crippen LogP contribution in [0, 0.1) is 24.1 Å². The molecular weight excluding hydrogens is 263 g/mol. The van der Waals surface area contributed by atoms with E-state index in [2.05, 4.69) is 9.97 Å². The summed E-state index contributed by atoms with van der Waals surface area (Å²) in [6.45, 7) is 1.72. The summed E-state index contributed by atoms with van der Waals surface area (Å²) in [7, 11) is 0. The Morgan fingerprint density at radius 3 is 2.58 bits per heavy atom. The largest absolute Gasteiger partial charge is 0.382 e. The zero-order valence-electron chi connectivity index (χ0n) is 10.2. The number of hydrogen-bond acceptors (Lipinski definition) is 5. The molecule has 0 bridgehead atoms. The van der Waals surface area contributed by atoms with Crippen LogP contribution in [0.25, 0.3) is 0 Å². The molecule has 1 aromatic carbocycles. The predicted molar refractivity (Wildman–Crippen MR) is 71.9 cm³/mol. The van der Waals surface area contributed by atoms with Crippen LogP contribution in [-0.2, 0) is 5.75 Å². The van der Waals surface area contributed by atoms with Gasteiger partial charge in [0.2, 0.25) is 0 Å². The summed E-state index contributed by atoms with van der Waals surface area (Å²) in [5.74, 6) is 1.01. The van der Waals surface area contributed by atoms with Crippen LogP contribution in [0.5, 0.6) is 0 Å². The van der Waals surface area contributed by atoms with Gasteiger partial charge < -0.3 is 5.73 Å². The summed E-state index contributed by atoms with van der Waals surface area (Å²) in [5, 5.41) is 8.87. The monoisotopic (exact) mass is 274 g/mol. The molecule has 2 N–H and O–H groups in total. The number of halogens is 1. The van der Waals surface area contributed by atoms with Gasteiger partial charge in [0.1, 0.15) is 29.1 Å². The molecule has 0 aliphatic heterocycles. The van der Waals surface area contributed by atoms with Crippen molar-refractivity contribution in [3.8, 4) is 6.07 Å². The van der Waals surface area contributed by atoms with Gasteiger partial charge in [-0.3, -0.25) is 0 Å². The fourth-order valence-corrected chi connectivity index (χ4v) is 2.29. The second-order valence-corrected chi connectivity index (χ2v) is 4.89. The quantitative estimate of drug-likeness (QED) is 0.871. The molecule has 0 saturated carbocycles. The summed E-state index contributed by atoms with van der Waals surface area (Å²) < 4.78 is 12.8. The van der Waals surface area contributed by atoms with E-state index >= 15 is 0 Å². The van der Waals surface area contributed by atoms with Crippen LogP contribution in [0.1, 0.15) is 17.1 Å². The minimum absolute atomic E-state index is 0.199. The van der Waals surface area contributed by atoms with E-state index in [1.54, 1.807) is 19.1 Å². The lowest BCUT2D eigenvalue weighted by atomic mass is 10.2. The van der Waals surface area contributed by atoms with Crippen molar-refractivity contribution in [2.45, 2.75) is 17.6 Å². The molecule has 0 atom stereocenters. The van der Waals surface area contributed by atoms with Gasteiger partial charge in [0.15, 0.2) is 0 Å². The SMILES string of the molecule is Cc1nc(CSc2ccc(F)cc2)nc(N)c1C#N. The molecular formula is C13H11FN4S. The summed E-state index contributed by atoms with van der Waals surface area (Å²) >= 11 is 1.48. The lowest BCUT2D eigenvalue weighted by Crippen LogP contribution is -2.04. The number of anilines is 1. The summed E-state index contributed by atoms with van der Waals surface area (Å²) in [6, 6.07) is 8.17. The number of benzene rings is 1. The highest BCUT2D eigenvalue weighted by molar-refractivity contribution is 7.98. The number of thioether (sulfide) groups is 1. The molecule has 4 nitrogen and oxygen atoms in total. The van der Waals surface area contributed by atoms with E-state index < -0.39 is 0 Å². The number of nitrogens with zero attached hydrogens (tertiary/aromatic N) is 3. The van der Waals surface area contributed by atoms with Crippen molar-refractivity contribution >= 4 is 17.6 Å². The highest BCUT2D eigenvalue weighted by atomic mass is 32.2. The predicted octanol–water partition coefficient (Wildman–Crippen LogP) is 2.67. The van der Waals surface area contributed by atoms with E-state index in [1.807, 2.05) is 6.07 Å². The number of nitrogen functional groups attached to an aromatic ring is 1. The van der Waals surface area contributed by atoms with Gasteiger partial charge in [0.25, 0.3) is 0 Å². The first kappa shape index (κ1) is 13.3. The lowest BCUT2D eigenvalue weighted by Gasteiger charge is -2.05. The molecule has 0 saturated heterocycles. The molecule has 1 heterocycles. The Kier molecular flexibility index (Phi) is 3.97. The van der Waals surface area contributed by atoms with E-state index in [0.717, 1.165) is 4.90 Å². The second kappa shape index (κ2) is 5.67. The Bertz CT molecular complexity index is 611. The maximum absolute atomic E-state index is 12.8. The molecule has 96 valence electrons. The Balaban J connectivity index is 2.12. The van der Waals surface area contributed by atoms with Crippen LogP contribution in [0.2, 0.25) is 0 Å². The Hall–Kier alpha value is -2.13. The maximum atomic E-state index is 12.8. The third-order valence-corrected chi connectivity index (χ3v) is 3.47. The number of aryl methyl sites for hydroxylation is 1. The third-order valence-electron chi connectivity index (χ3n) is 2.46. The molecule has 0 spiro atoms. The first-order valence-electron chi connectivity index (χ1n) is 5.51. The van der Waals surface area contributed by atoms with Crippen molar-refractivity contribution in [2.75, 3.05) is 5.73 Å². The molecule has 0 fully saturated rings. The van der Waals surface area contributed by atoms with Crippen LogP contribution < -0.4 is 5.73 Å². The Morgan fingerprint density at radius 2 is 2.00 bits per heavy atom. The molecule has 0 radical (unpaired) electrons. The zero-order valence-corrected chi connectivity index (χ0v) is 11.0.